The Morgan fingerprint density at radius 2 is 2.27 bits per heavy atom. The van der Waals surface area contributed by atoms with Gasteiger partial charge in [0.05, 0.1) is 6.54 Å². The van der Waals surface area contributed by atoms with Crippen LogP contribution in [0.2, 0.25) is 0 Å². The van der Waals surface area contributed by atoms with Crippen molar-refractivity contribution in [2.24, 2.45) is 0 Å². The fourth-order valence-corrected chi connectivity index (χ4v) is 2.12. The van der Waals surface area contributed by atoms with Crippen molar-refractivity contribution in [2.45, 2.75) is 32.2 Å². The van der Waals surface area contributed by atoms with Gasteiger partial charge in [0.2, 0.25) is 0 Å². The van der Waals surface area contributed by atoms with Gasteiger partial charge >= 0.3 is 5.97 Å². The second-order valence-electron chi connectivity index (χ2n) is 3.76. The SMILES string of the molecule is C=CCn1nc(C(=O)O)c2c1CCCC2. The standard InChI is InChI=1S/C11H14N2O2/c1-2-7-13-9-6-4-3-5-8(9)10(12-13)11(14)15/h2H,1,3-7H2,(H,14,15). The van der Waals surface area contributed by atoms with Crippen LogP contribution in [0.1, 0.15) is 34.6 Å². The predicted octanol–water partition coefficient (Wildman–Crippen LogP) is 1.65. The molecule has 4 heteroatoms. The van der Waals surface area contributed by atoms with Crippen molar-refractivity contribution >= 4 is 5.97 Å². The van der Waals surface area contributed by atoms with Crippen molar-refractivity contribution in [3.05, 3.63) is 29.6 Å². The number of hydrogen-bond donors (Lipinski definition) is 1. The summed E-state index contributed by atoms with van der Waals surface area (Å²) in [6.45, 7) is 4.24. The predicted molar refractivity (Wildman–Crippen MR) is 56.0 cm³/mol. The van der Waals surface area contributed by atoms with E-state index in [1.54, 1.807) is 10.8 Å². The van der Waals surface area contributed by atoms with Gasteiger partial charge in [-0.1, -0.05) is 6.08 Å². The Bertz CT molecular complexity index is 407. The lowest BCUT2D eigenvalue weighted by Gasteiger charge is -2.12. The normalized spacial score (nSPS) is 14.7. The minimum atomic E-state index is -0.920. The highest BCUT2D eigenvalue weighted by Crippen LogP contribution is 2.24. The zero-order valence-electron chi connectivity index (χ0n) is 8.57. The van der Waals surface area contributed by atoms with E-state index in [9.17, 15) is 4.79 Å². The van der Waals surface area contributed by atoms with Crippen molar-refractivity contribution in [3.63, 3.8) is 0 Å². The second kappa shape index (κ2) is 3.88. The third-order valence-electron chi connectivity index (χ3n) is 2.76. The maximum absolute atomic E-state index is 11.0. The Morgan fingerprint density at radius 3 is 2.93 bits per heavy atom. The van der Waals surface area contributed by atoms with Gasteiger partial charge < -0.3 is 5.11 Å². The number of allylic oxidation sites excluding steroid dienone is 1. The van der Waals surface area contributed by atoms with E-state index < -0.39 is 5.97 Å². The summed E-state index contributed by atoms with van der Waals surface area (Å²) in [5.74, 6) is -0.920. The summed E-state index contributed by atoms with van der Waals surface area (Å²) in [4.78, 5) is 11.0. The molecule has 0 aliphatic heterocycles. The van der Waals surface area contributed by atoms with E-state index in [0.717, 1.165) is 36.9 Å². The number of aromatic carboxylic acids is 1. The highest BCUT2D eigenvalue weighted by molar-refractivity contribution is 5.87. The van der Waals surface area contributed by atoms with Crippen LogP contribution in [0.4, 0.5) is 0 Å². The topological polar surface area (TPSA) is 55.1 Å². The Hall–Kier alpha value is -1.58. The summed E-state index contributed by atoms with van der Waals surface area (Å²) in [6.07, 6.45) is 5.70. The zero-order valence-corrected chi connectivity index (χ0v) is 8.57. The number of carbonyl (C=O) groups is 1. The van der Waals surface area contributed by atoms with Gasteiger partial charge in [-0.2, -0.15) is 5.10 Å². The molecule has 0 fully saturated rings. The average molecular weight is 206 g/mol. The molecule has 1 aliphatic rings. The van der Waals surface area contributed by atoms with E-state index in [1.807, 2.05) is 0 Å². The smallest absolute Gasteiger partial charge is 0.356 e. The highest BCUT2D eigenvalue weighted by atomic mass is 16.4. The summed E-state index contributed by atoms with van der Waals surface area (Å²) in [6, 6.07) is 0. The average Bonchev–Trinajstić information content (AvgIpc) is 2.59. The first kappa shape index (κ1) is 9.96. The summed E-state index contributed by atoms with van der Waals surface area (Å²) in [5.41, 5.74) is 2.24. The monoisotopic (exact) mass is 206 g/mol. The summed E-state index contributed by atoms with van der Waals surface area (Å²) in [5, 5.41) is 13.1. The molecule has 0 atom stereocenters. The molecule has 2 rings (SSSR count). The molecule has 0 saturated carbocycles. The van der Waals surface area contributed by atoms with Crippen molar-refractivity contribution in [1.82, 2.24) is 9.78 Å². The van der Waals surface area contributed by atoms with Crippen LogP contribution in [-0.4, -0.2) is 20.9 Å². The molecule has 1 aromatic heterocycles. The summed E-state index contributed by atoms with van der Waals surface area (Å²) >= 11 is 0. The molecule has 1 aliphatic carbocycles. The number of hydrogen-bond acceptors (Lipinski definition) is 2. The Balaban J connectivity index is 2.48. The van der Waals surface area contributed by atoms with Gasteiger partial charge in [0.25, 0.3) is 0 Å². The number of nitrogens with zero attached hydrogens (tertiary/aromatic N) is 2. The van der Waals surface area contributed by atoms with E-state index in [1.165, 1.54) is 0 Å². The summed E-state index contributed by atoms with van der Waals surface area (Å²) in [7, 11) is 0. The van der Waals surface area contributed by atoms with E-state index in [0.29, 0.717) is 6.54 Å². The quantitative estimate of drug-likeness (QED) is 0.765. The number of fused-ring (bicyclic) bond motifs is 1. The van der Waals surface area contributed by atoms with E-state index in [-0.39, 0.29) is 5.69 Å². The largest absolute Gasteiger partial charge is 0.476 e. The number of rotatable bonds is 3. The molecule has 15 heavy (non-hydrogen) atoms. The molecule has 80 valence electrons. The highest BCUT2D eigenvalue weighted by Gasteiger charge is 2.23. The van der Waals surface area contributed by atoms with E-state index >= 15 is 0 Å². The van der Waals surface area contributed by atoms with Crippen LogP contribution in [-0.2, 0) is 19.4 Å². The molecule has 0 amide bonds. The van der Waals surface area contributed by atoms with Gasteiger partial charge in [-0.3, -0.25) is 4.68 Å². The number of carboxylic acids is 1. The van der Waals surface area contributed by atoms with Crippen molar-refractivity contribution in [2.75, 3.05) is 0 Å². The molecule has 0 aromatic carbocycles. The fraction of sp³-hybridized carbons (Fsp3) is 0.455. The minimum absolute atomic E-state index is 0.228. The van der Waals surface area contributed by atoms with Crippen LogP contribution in [0, 0.1) is 0 Å². The van der Waals surface area contributed by atoms with E-state index in [4.69, 9.17) is 5.11 Å². The van der Waals surface area contributed by atoms with Crippen LogP contribution >= 0.6 is 0 Å². The van der Waals surface area contributed by atoms with Gasteiger partial charge in [-0.15, -0.1) is 6.58 Å². The fourth-order valence-electron chi connectivity index (χ4n) is 2.12. The lowest BCUT2D eigenvalue weighted by molar-refractivity contribution is 0.0688. The zero-order chi connectivity index (χ0) is 10.8. The molecular formula is C11H14N2O2. The number of aromatic nitrogens is 2. The lowest BCUT2D eigenvalue weighted by Crippen LogP contribution is -2.08. The first-order chi connectivity index (χ1) is 7.24. The molecule has 0 unspecified atom stereocenters. The molecule has 0 saturated heterocycles. The molecule has 1 N–H and O–H groups in total. The van der Waals surface area contributed by atoms with Crippen molar-refractivity contribution in [1.29, 1.82) is 0 Å². The molecule has 0 radical (unpaired) electrons. The molecular weight excluding hydrogens is 192 g/mol. The Labute approximate surface area is 88.2 Å². The maximum atomic E-state index is 11.0. The van der Waals surface area contributed by atoms with Crippen LogP contribution in [0.25, 0.3) is 0 Å². The van der Waals surface area contributed by atoms with Crippen LogP contribution in [0.3, 0.4) is 0 Å². The van der Waals surface area contributed by atoms with E-state index in [2.05, 4.69) is 11.7 Å². The number of carboxylic acid groups (broad SMARTS) is 1. The first-order valence-corrected chi connectivity index (χ1v) is 5.16. The van der Waals surface area contributed by atoms with Gasteiger partial charge in [0, 0.05) is 11.3 Å². The molecule has 0 spiro atoms. The molecule has 1 heterocycles. The third-order valence-corrected chi connectivity index (χ3v) is 2.76. The van der Waals surface area contributed by atoms with Gasteiger partial charge in [0.1, 0.15) is 0 Å². The van der Waals surface area contributed by atoms with Gasteiger partial charge in [-0.25, -0.2) is 4.79 Å². The third kappa shape index (κ3) is 1.67. The first-order valence-electron chi connectivity index (χ1n) is 5.16. The van der Waals surface area contributed by atoms with Crippen LogP contribution in [0.5, 0.6) is 0 Å². The van der Waals surface area contributed by atoms with Gasteiger partial charge in [0.15, 0.2) is 5.69 Å². The van der Waals surface area contributed by atoms with Crippen molar-refractivity contribution in [3.8, 4) is 0 Å². The van der Waals surface area contributed by atoms with Crippen molar-refractivity contribution < 1.29 is 9.90 Å². The maximum Gasteiger partial charge on any atom is 0.356 e. The molecule has 0 bridgehead atoms. The lowest BCUT2D eigenvalue weighted by atomic mass is 9.96. The second-order valence-corrected chi connectivity index (χ2v) is 3.76. The van der Waals surface area contributed by atoms with Crippen LogP contribution < -0.4 is 0 Å². The Morgan fingerprint density at radius 1 is 1.53 bits per heavy atom. The molecule has 1 aromatic rings. The van der Waals surface area contributed by atoms with Gasteiger partial charge in [-0.05, 0) is 25.7 Å². The Kier molecular flexibility index (Phi) is 2.58. The summed E-state index contributed by atoms with van der Waals surface area (Å²) < 4.78 is 1.77. The minimum Gasteiger partial charge on any atom is -0.476 e. The molecule has 4 nitrogen and oxygen atoms in total. The van der Waals surface area contributed by atoms with Crippen LogP contribution in [0.15, 0.2) is 12.7 Å².